The van der Waals surface area contributed by atoms with Crippen LogP contribution in [0.15, 0.2) is 47.4 Å². The number of rotatable bonds is 6. The fourth-order valence-corrected chi connectivity index (χ4v) is 2.57. The Morgan fingerprint density at radius 1 is 1.12 bits per heavy atom. The summed E-state index contributed by atoms with van der Waals surface area (Å²) in [7, 11) is -3.31. The van der Waals surface area contributed by atoms with Gasteiger partial charge in [-0.05, 0) is 43.3 Å². The standard InChI is InChI=1S/C16H15ClO6S.Na/c1-10(16(18)19)22-14-8-3-11(17)9-15(14)23-12-4-6-13(7-5-12)24(2,20)21;/h3-10H,1-2H3,(H,18,19);/q;+1/p-1/t10-;/m0./s1. The molecule has 0 aromatic heterocycles. The number of carboxylic acids is 1. The second kappa shape index (κ2) is 8.91. The van der Waals surface area contributed by atoms with Crippen LogP contribution in [0.1, 0.15) is 6.92 Å². The molecule has 9 heteroatoms. The molecule has 2 aromatic rings. The van der Waals surface area contributed by atoms with E-state index in [0.29, 0.717) is 10.8 Å². The fraction of sp³-hybridized carbons (Fsp3) is 0.188. The van der Waals surface area contributed by atoms with Crippen molar-refractivity contribution in [1.29, 1.82) is 0 Å². The molecule has 0 aliphatic carbocycles. The number of hydrogen-bond acceptors (Lipinski definition) is 6. The normalized spacial score (nSPS) is 12.0. The number of halogens is 1. The Labute approximate surface area is 172 Å². The molecule has 6 nitrogen and oxygen atoms in total. The summed E-state index contributed by atoms with van der Waals surface area (Å²) in [5.74, 6) is -0.657. The summed E-state index contributed by atoms with van der Waals surface area (Å²) in [6, 6.07) is 10.2. The maximum atomic E-state index is 11.4. The molecular weight excluding hydrogens is 379 g/mol. The molecule has 1 atom stereocenters. The Kier molecular flexibility index (Phi) is 7.77. The van der Waals surface area contributed by atoms with Gasteiger partial charge in [0.25, 0.3) is 0 Å². The number of benzene rings is 2. The van der Waals surface area contributed by atoms with Crippen LogP contribution in [0.2, 0.25) is 5.02 Å². The van der Waals surface area contributed by atoms with E-state index >= 15 is 0 Å². The molecule has 0 bridgehead atoms. The van der Waals surface area contributed by atoms with Gasteiger partial charge in [0, 0.05) is 17.3 Å². The van der Waals surface area contributed by atoms with Gasteiger partial charge in [-0.1, -0.05) is 11.6 Å². The van der Waals surface area contributed by atoms with E-state index in [0.717, 1.165) is 6.26 Å². The number of carbonyl (C=O) groups is 1. The van der Waals surface area contributed by atoms with Crippen molar-refractivity contribution in [2.24, 2.45) is 0 Å². The first-order chi connectivity index (χ1) is 11.2. The Bertz CT molecular complexity index is 851. The molecular formula is C16H14ClNaO6S. The van der Waals surface area contributed by atoms with Crippen LogP contribution in [0.5, 0.6) is 17.2 Å². The number of ether oxygens (including phenoxy) is 2. The zero-order chi connectivity index (χ0) is 17.9. The summed E-state index contributed by atoms with van der Waals surface area (Å²) in [5.41, 5.74) is 0. The Morgan fingerprint density at radius 3 is 2.24 bits per heavy atom. The molecule has 0 radical (unpaired) electrons. The smallest absolute Gasteiger partial charge is 0.546 e. The molecule has 0 spiro atoms. The van der Waals surface area contributed by atoms with Gasteiger partial charge < -0.3 is 19.4 Å². The molecule has 0 aliphatic heterocycles. The van der Waals surface area contributed by atoms with Crippen molar-refractivity contribution in [2.45, 2.75) is 17.9 Å². The Balaban J connectivity index is 0.00000312. The van der Waals surface area contributed by atoms with Crippen molar-refractivity contribution in [2.75, 3.05) is 6.26 Å². The summed E-state index contributed by atoms with van der Waals surface area (Å²) in [6.45, 7) is 1.33. The first kappa shape index (κ1) is 21.8. The number of carbonyl (C=O) groups excluding carboxylic acids is 1. The molecule has 0 unspecified atom stereocenters. The minimum Gasteiger partial charge on any atom is -0.546 e. The van der Waals surface area contributed by atoms with Crippen molar-refractivity contribution >= 4 is 27.4 Å². The van der Waals surface area contributed by atoms with E-state index in [9.17, 15) is 18.3 Å². The molecule has 0 aliphatic rings. The summed E-state index contributed by atoms with van der Waals surface area (Å²) in [4.78, 5) is 11.0. The number of carboxylic acid groups (broad SMARTS) is 1. The molecule has 0 amide bonds. The van der Waals surface area contributed by atoms with E-state index in [1.54, 1.807) is 0 Å². The van der Waals surface area contributed by atoms with Gasteiger partial charge in [0.2, 0.25) is 0 Å². The predicted molar refractivity (Wildman–Crippen MR) is 86.2 cm³/mol. The van der Waals surface area contributed by atoms with Gasteiger partial charge in [-0.25, -0.2) is 8.42 Å². The second-order valence-electron chi connectivity index (χ2n) is 5.02. The van der Waals surface area contributed by atoms with E-state index in [-0.39, 0.29) is 46.0 Å². The van der Waals surface area contributed by atoms with Crippen LogP contribution in [0, 0.1) is 0 Å². The van der Waals surface area contributed by atoms with Crippen LogP contribution >= 0.6 is 11.6 Å². The molecule has 0 N–H and O–H groups in total. The first-order valence-corrected chi connectivity index (χ1v) is 9.09. The summed E-state index contributed by atoms with van der Waals surface area (Å²) in [6.07, 6.45) is -0.0752. The SMILES string of the molecule is C[C@H](Oc1ccc(Cl)cc1Oc1ccc(S(C)(=O)=O)cc1)C(=O)[O-].[Na+]. The van der Waals surface area contributed by atoms with Gasteiger partial charge in [-0.2, -0.15) is 0 Å². The van der Waals surface area contributed by atoms with E-state index in [1.807, 2.05) is 0 Å². The molecule has 2 aromatic carbocycles. The van der Waals surface area contributed by atoms with Gasteiger partial charge in [0.15, 0.2) is 21.3 Å². The molecule has 2 rings (SSSR count). The van der Waals surface area contributed by atoms with Crippen LogP contribution in [0.25, 0.3) is 0 Å². The van der Waals surface area contributed by atoms with Gasteiger partial charge in [-0.3, -0.25) is 0 Å². The number of sulfone groups is 1. The van der Waals surface area contributed by atoms with Crippen LogP contribution in [0.4, 0.5) is 0 Å². The van der Waals surface area contributed by atoms with Crippen LogP contribution in [-0.2, 0) is 14.6 Å². The van der Waals surface area contributed by atoms with E-state index in [4.69, 9.17) is 21.1 Å². The van der Waals surface area contributed by atoms with Gasteiger partial charge in [0.05, 0.1) is 10.9 Å². The molecule has 25 heavy (non-hydrogen) atoms. The minimum atomic E-state index is -3.31. The van der Waals surface area contributed by atoms with Gasteiger partial charge in [0.1, 0.15) is 11.9 Å². The molecule has 0 heterocycles. The van der Waals surface area contributed by atoms with E-state index in [1.165, 1.54) is 49.4 Å². The van der Waals surface area contributed by atoms with Crippen LogP contribution in [0.3, 0.4) is 0 Å². The van der Waals surface area contributed by atoms with E-state index in [2.05, 4.69) is 0 Å². The maximum absolute atomic E-state index is 11.4. The molecule has 0 fully saturated rings. The van der Waals surface area contributed by atoms with Gasteiger partial charge >= 0.3 is 29.6 Å². The zero-order valence-electron chi connectivity index (χ0n) is 13.9. The number of aliphatic carboxylic acids is 1. The van der Waals surface area contributed by atoms with Crippen molar-refractivity contribution < 1.29 is 57.3 Å². The maximum Gasteiger partial charge on any atom is 1.00 e. The second-order valence-corrected chi connectivity index (χ2v) is 7.47. The van der Waals surface area contributed by atoms with Crippen molar-refractivity contribution in [3.8, 4) is 17.2 Å². The third-order valence-corrected chi connectivity index (χ3v) is 4.38. The van der Waals surface area contributed by atoms with Crippen molar-refractivity contribution in [3.63, 3.8) is 0 Å². The first-order valence-electron chi connectivity index (χ1n) is 6.82. The Morgan fingerprint density at radius 2 is 1.72 bits per heavy atom. The third kappa shape index (κ3) is 6.20. The fourth-order valence-electron chi connectivity index (χ4n) is 1.78. The minimum absolute atomic E-state index is 0. The Hall–Kier alpha value is -1.25. The van der Waals surface area contributed by atoms with Crippen LogP contribution < -0.4 is 44.1 Å². The summed E-state index contributed by atoms with van der Waals surface area (Å²) in [5, 5.41) is 11.2. The zero-order valence-corrected chi connectivity index (χ0v) is 17.4. The molecule has 0 saturated carbocycles. The summed E-state index contributed by atoms with van der Waals surface area (Å²) >= 11 is 5.92. The topological polar surface area (TPSA) is 92.7 Å². The van der Waals surface area contributed by atoms with Crippen LogP contribution in [-0.4, -0.2) is 26.7 Å². The van der Waals surface area contributed by atoms with Crippen molar-refractivity contribution in [3.05, 3.63) is 47.5 Å². The van der Waals surface area contributed by atoms with E-state index < -0.39 is 21.9 Å². The third-order valence-electron chi connectivity index (χ3n) is 3.02. The van der Waals surface area contributed by atoms with Gasteiger partial charge in [-0.15, -0.1) is 0 Å². The average molecular weight is 393 g/mol. The van der Waals surface area contributed by atoms with Crippen molar-refractivity contribution in [1.82, 2.24) is 0 Å². The number of hydrogen-bond donors (Lipinski definition) is 0. The quantitative estimate of drug-likeness (QED) is 0.589. The monoisotopic (exact) mass is 392 g/mol. The molecule has 128 valence electrons. The largest absolute Gasteiger partial charge is 1.00 e. The average Bonchev–Trinajstić information content (AvgIpc) is 2.49. The predicted octanol–water partition coefficient (Wildman–Crippen LogP) is -0.943. The molecule has 0 saturated heterocycles. The summed E-state index contributed by atoms with van der Waals surface area (Å²) < 4.78 is 33.8.